The molecular formula is C21H23ClFN5O2S. The molecule has 1 aromatic heterocycles. The number of aliphatic imine (C=N–C) groups is 1. The zero-order chi connectivity index (χ0) is 22.6. The van der Waals surface area contributed by atoms with Gasteiger partial charge in [0.25, 0.3) is 5.91 Å². The molecule has 3 heterocycles. The van der Waals surface area contributed by atoms with Crippen LogP contribution in [0.4, 0.5) is 10.1 Å². The molecule has 0 saturated carbocycles. The van der Waals surface area contributed by atoms with Gasteiger partial charge >= 0.3 is 0 Å². The number of pyridine rings is 1. The van der Waals surface area contributed by atoms with Crippen molar-refractivity contribution in [1.29, 1.82) is 0 Å². The van der Waals surface area contributed by atoms with Crippen LogP contribution < -0.4 is 11.1 Å². The zero-order valence-electron chi connectivity index (χ0n) is 17.4. The van der Waals surface area contributed by atoms with Gasteiger partial charge in [-0.25, -0.2) is 17.9 Å². The Morgan fingerprint density at radius 1 is 1.29 bits per heavy atom. The lowest BCUT2D eigenvalue weighted by molar-refractivity contribution is 0.102. The van der Waals surface area contributed by atoms with Gasteiger partial charge in [-0.2, -0.15) is 0 Å². The molecule has 2 aliphatic heterocycles. The van der Waals surface area contributed by atoms with Crippen molar-refractivity contribution in [2.75, 3.05) is 11.9 Å². The van der Waals surface area contributed by atoms with Gasteiger partial charge in [0.1, 0.15) is 27.6 Å². The number of rotatable bonds is 3. The number of amides is 1. The first-order chi connectivity index (χ1) is 14.5. The number of hydrogen-bond donors (Lipinski definition) is 2. The Balaban J connectivity index is 1.76. The molecule has 0 fully saturated rings. The predicted molar refractivity (Wildman–Crippen MR) is 120 cm³/mol. The van der Waals surface area contributed by atoms with Gasteiger partial charge in [-0.05, 0) is 57.5 Å². The zero-order valence-corrected chi connectivity index (χ0v) is 18.9. The summed E-state index contributed by atoms with van der Waals surface area (Å²) >= 11 is 5.81. The van der Waals surface area contributed by atoms with Crippen LogP contribution in [0, 0.1) is 5.82 Å². The maximum atomic E-state index is 15.0. The summed E-state index contributed by atoms with van der Waals surface area (Å²) in [5.74, 6) is -0.803. The Hall–Kier alpha value is -2.52. The van der Waals surface area contributed by atoms with Crippen LogP contribution >= 0.6 is 11.6 Å². The number of anilines is 1. The fraction of sp³-hybridized carbons (Fsp3) is 0.381. The monoisotopic (exact) mass is 463 g/mol. The van der Waals surface area contributed by atoms with E-state index in [1.165, 1.54) is 30.5 Å². The third kappa shape index (κ3) is 3.30. The number of nitrogens with two attached hydrogens (primary N) is 1. The third-order valence-corrected chi connectivity index (χ3v) is 10.0. The minimum Gasteiger partial charge on any atom is -0.386 e. The SMILES string of the molecule is CC1(C)C(N)=N[C@](C)(c2cc(NC(=O)c3ccc(Cl)cn3)ccc2F)[C@@H]2CCN=[S@@]21=O. The summed E-state index contributed by atoms with van der Waals surface area (Å²) in [4.78, 5) is 21.2. The van der Waals surface area contributed by atoms with Crippen molar-refractivity contribution in [1.82, 2.24) is 4.98 Å². The summed E-state index contributed by atoms with van der Waals surface area (Å²) in [5.41, 5.74) is 5.78. The van der Waals surface area contributed by atoms with Crippen LogP contribution in [-0.2, 0) is 15.3 Å². The van der Waals surface area contributed by atoms with E-state index < -0.39 is 37.0 Å². The van der Waals surface area contributed by atoms with Crippen molar-refractivity contribution < 1.29 is 13.4 Å². The fourth-order valence-corrected chi connectivity index (χ4v) is 7.48. The summed E-state index contributed by atoms with van der Waals surface area (Å²) in [7, 11) is -2.79. The average Bonchev–Trinajstić information content (AvgIpc) is 3.13. The molecule has 0 spiro atoms. The standard InChI is InChI=1S/C21H23ClFN5O2S/c1-20(2)19(24)28-21(3,17-8-9-26-31(17,20)30)14-10-13(5-6-15(14)23)27-18(29)16-7-4-12(22)11-25-16/h4-7,10-11,17H,8-9H2,1-3H3,(H2,24,28)(H,27,29)/t17-,21+,31+/m0/s1. The van der Waals surface area contributed by atoms with Crippen LogP contribution in [-0.4, -0.2) is 37.5 Å². The largest absolute Gasteiger partial charge is 0.386 e. The topological polar surface area (TPSA) is 110 Å². The van der Waals surface area contributed by atoms with Crippen LogP contribution in [0.5, 0.6) is 0 Å². The smallest absolute Gasteiger partial charge is 0.274 e. The van der Waals surface area contributed by atoms with E-state index >= 15 is 4.39 Å². The Bertz CT molecular complexity index is 1220. The molecule has 0 radical (unpaired) electrons. The Labute approximate surface area is 185 Å². The summed E-state index contributed by atoms with van der Waals surface area (Å²) in [6.07, 6.45) is 1.88. The molecule has 0 bridgehead atoms. The van der Waals surface area contributed by atoms with E-state index in [1.54, 1.807) is 26.8 Å². The first-order valence-corrected chi connectivity index (χ1v) is 11.7. The second-order valence-corrected chi connectivity index (χ2v) is 11.8. The van der Waals surface area contributed by atoms with Gasteiger partial charge in [0.2, 0.25) is 0 Å². The van der Waals surface area contributed by atoms with E-state index in [2.05, 4.69) is 19.7 Å². The highest BCUT2D eigenvalue weighted by Crippen LogP contribution is 2.48. The molecule has 3 N–H and O–H groups in total. The number of carbonyl (C=O) groups is 1. The molecule has 31 heavy (non-hydrogen) atoms. The van der Waals surface area contributed by atoms with Gasteiger partial charge in [0.05, 0.1) is 20.0 Å². The molecule has 3 atom stereocenters. The highest BCUT2D eigenvalue weighted by molar-refractivity contribution is 7.96. The molecule has 0 saturated heterocycles. The van der Waals surface area contributed by atoms with Gasteiger partial charge in [0.15, 0.2) is 0 Å². The van der Waals surface area contributed by atoms with Crippen molar-refractivity contribution in [2.45, 2.75) is 42.7 Å². The van der Waals surface area contributed by atoms with E-state index in [9.17, 15) is 9.00 Å². The first-order valence-electron chi connectivity index (χ1n) is 9.79. The number of fused-ring (bicyclic) bond motifs is 1. The number of aromatic nitrogens is 1. The summed E-state index contributed by atoms with van der Waals surface area (Å²) in [6.45, 7) is 5.67. The van der Waals surface area contributed by atoms with Gasteiger partial charge in [-0.15, -0.1) is 0 Å². The van der Waals surface area contributed by atoms with Crippen LogP contribution in [0.25, 0.3) is 0 Å². The van der Waals surface area contributed by atoms with Crippen molar-refractivity contribution in [3.63, 3.8) is 0 Å². The second-order valence-electron chi connectivity index (χ2n) is 8.36. The average molecular weight is 464 g/mol. The van der Waals surface area contributed by atoms with E-state index in [4.69, 9.17) is 17.3 Å². The van der Waals surface area contributed by atoms with Crippen LogP contribution in [0.2, 0.25) is 5.02 Å². The molecular weight excluding hydrogens is 441 g/mol. The van der Waals surface area contributed by atoms with Gasteiger partial charge in [0, 0.05) is 24.0 Å². The lowest BCUT2D eigenvalue weighted by Crippen LogP contribution is -2.58. The van der Waals surface area contributed by atoms with Gasteiger partial charge < -0.3 is 11.1 Å². The molecule has 0 aliphatic carbocycles. The molecule has 2 aliphatic rings. The molecule has 2 aromatic rings. The maximum Gasteiger partial charge on any atom is 0.274 e. The van der Waals surface area contributed by atoms with Crippen LogP contribution in [0.3, 0.4) is 0 Å². The Morgan fingerprint density at radius 3 is 2.71 bits per heavy atom. The highest BCUT2D eigenvalue weighted by atomic mass is 35.5. The number of nitrogens with one attached hydrogen (secondary N) is 1. The van der Waals surface area contributed by atoms with Crippen LogP contribution in [0.1, 0.15) is 43.2 Å². The minimum absolute atomic E-state index is 0.167. The molecule has 0 unspecified atom stereocenters. The van der Waals surface area contributed by atoms with Crippen molar-refractivity contribution in [3.8, 4) is 0 Å². The van der Waals surface area contributed by atoms with Gasteiger partial charge in [-0.3, -0.25) is 9.79 Å². The molecule has 10 heteroatoms. The quantitative estimate of drug-likeness (QED) is 0.722. The van der Waals surface area contributed by atoms with Crippen molar-refractivity contribution in [2.24, 2.45) is 15.1 Å². The van der Waals surface area contributed by atoms with Crippen molar-refractivity contribution in [3.05, 3.63) is 58.6 Å². The highest BCUT2D eigenvalue weighted by Gasteiger charge is 2.56. The third-order valence-electron chi connectivity index (χ3n) is 6.12. The van der Waals surface area contributed by atoms with E-state index in [0.29, 0.717) is 23.7 Å². The Kier molecular flexibility index (Phi) is 5.09. The van der Waals surface area contributed by atoms with Crippen molar-refractivity contribution >= 4 is 38.8 Å². The van der Waals surface area contributed by atoms with E-state index in [1.807, 2.05) is 0 Å². The predicted octanol–water partition coefficient (Wildman–Crippen LogP) is 3.73. The number of hydrogen-bond acceptors (Lipinski definition) is 6. The summed E-state index contributed by atoms with van der Waals surface area (Å²) in [6, 6.07) is 7.27. The molecule has 1 aromatic carbocycles. The van der Waals surface area contributed by atoms with E-state index in [-0.39, 0.29) is 17.1 Å². The number of halogens is 2. The normalized spacial score (nSPS) is 28.9. The first kappa shape index (κ1) is 21.7. The molecule has 1 amide bonds. The van der Waals surface area contributed by atoms with Crippen LogP contribution in [0.15, 0.2) is 45.9 Å². The fourth-order valence-electron chi connectivity index (χ4n) is 4.20. The lowest BCUT2D eigenvalue weighted by Gasteiger charge is -2.44. The molecule has 4 rings (SSSR count). The Morgan fingerprint density at radius 2 is 2.03 bits per heavy atom. The van der Waals surface area contributed by atoms with E-state index in [0.717, 1.165) is 0 Å². The number of amidine groups is 1. The molecule has 164 valence electrons. The van der Waals surface area contributed by atoms with Gasteiger partial charge in [-0.1, -0.05) is 11.6 Å². The summed E-state index contributed by atoms with van der Waals surface area (Å²) in [5, 5.41) is 2.63. The molecule has 7 nitrogen and oxygen atoms in total. The maximum absolute atomic E-state index is 15.0. The number of carbonyl (C=O) groups excluding carboxylic acids is 1. The number of nitrogens with zero attached hydrogens (tertiary/aromatic N) is 3. The number of benzene rings is 1. The minimum atomic E-state index is -2.79. The second kappa shape index (κ2) is 7.27. The summed E-state index contributed by atoms with van der Waals surface area (Å²) < 4.78 is 32.4. The lowest BCUT2D eigenvalue weighted by atomic mass is 9.85.